The Balaban J connectivity index is 1.65. The summed E-state index contributed by atoms with van der Waals surface area (Å²) < 4.78 is 26.3. The average Bonchev–Trinajstić information content (AvgIpc) is 2.97. The fraction of sp³-hybridized carbons (Fsp3) is 0.353. The zero-order valence-electron chi connectivity index (χ0n) is 13.8. The number of alkyl halides is 1. The maximum absolute atomic E-state index is 14.2. The van der Waals surface area contributed by atoms with Crippen LogP contribution in [-0.4, -0.2) is 34.4 Å². The van der Waals surface area contributed by atoms with Crippen molar-refractivity contribution in [1.82, 2.24) is 9.55 Å². The Morgan fingerprint density at radius 2 is 2.08 bits per heavy atom. The van der Waals surface area contributed by atoms with Gasteiger partial charge in [-0.1, -0.05) is 17.7 Å². The van der Waals surface area contributed by atoms with Gasteiger partial charge in [0.05, 0.1) is 9.13 Å². The maximum atomic E-state index is 14.2. The lowest BCUT2D eigenvalue weighted by Crippen LogP contribution is -2.33. The molecule has 26 heavy (non-hydrogen) atoms. The lowest BCUT2D eigenvalue weighted by atomic mass is 10.1. The molecule has 1 fully saturated rings. The van der Waals surface area contributed by atoms with Crippen molar-refractivity contribution in [3.63, 3.8) is 0 Å². The Morgan fingerprint density at radius 3 is 2.77 bits per heavy atom. The molecular formula is C17H16FIN2O5. The van der Waals surface area contributed by atoms with E-state index in [1.54, 1.807) is 46.9 Å². The third kappa shape index (κ3) is 4.04. The summed E-state index contributed by atoms with van der Waals surface area (Å²) in [6, 6.07) is 6.82. The van der Waals surface area contributed by atoms with Crippen molar-refractivity contribution >= 4 is 28.6 Å². The molecule has 1 unspecified atom stereocenters. The van der Waals surface area contributed by atoms with Crippen LogP contribution in [0.2, 0.25) is 0 Å². The summed E-state index contributed by atoms with van der Waals surface area (Å²) in [6.45, 7) is 1.63. The van der Waals surface area contributed by atoms with Crippen molar-refractivity contribution in [2.24, 2.45) is 0 Å². The Kier molecular flexibility index (Phi) is 5.56. The molecule has 2 heterocycles. The molecule has 0 saturated carbocycles. The predicted octanol–water partition coefficient (Wildman–Crippen LogP) is 1.93. The van der Waals surface area contributed by atoms with Gasteiger partial charge in [0, 0.05) is 12.6 Å². The minimum absolute atomic E-state index is 0.0746. The van der Waals surface area contributed by atoms with E-state index in [0.29, 0.717) is 5.56 Å². The molecule has 1 aromatic carbocycles. The molecule has 1 aromatic heterocycles. The molecule has 0 spiro atoms. The van der Waals surface area contributed by atoms with Crippen LogP contribution in [-0.2, 0) is 9.47 Å². The summed E-state index contributed by atoms with van der Waals surface area (Å²) in [5, 5.41) is 0. The fourth-order valence-electron chi connectivity index (χ4n) is 2.62. The van der Waals surface area contributed by atoms with Crippen molar-refractivity contribution < 1.29 is 18.7 Å². The number of aryl methyl sites for hydroxylation is 1. The molecule has 3 rings (SSSR count). The lowest BCUT2D eigenvalue weighted by Gasteiger charge is -2.16. The number of aromatic nitrogens is 2. The molecule has 138 valence electrons. The molecule has 0 aliphatic carbocycles. The first kappa shape index (κ1) is 18.8. The zero-order valence-corrected chi connectivity index (χ0v) is 15.9. The van der Waals surface area contributed by atoms with Crippen LogP contribution >= 0.6 is 22.6 Å². The predicted molar refractivity (Wildman–Crippen MR) is 98.9 cm³/mol. The van der Waals surface area contributed by atoms with E-state index in [4.69, 9.17) is 9.47 Å². The van der Waals surface area contributed by atoms with Crippen LogP contribution in [0.25, 0.3) is 0 Å². The summed E-state index contributed by atoms with van der Waals surface area (Å²) >= 11 is 1.78. The third-order valence-corrected chi connectivity index (χ3v) is 4.83. The summed E-state index contributed by atoms with van der Waals surface area (Å²) in [5.74, 6) is -0.569. The summed E-state index contributed by atoms with van der Waals surface area (Å²) in [7, 11) is 0. The Bertz CT molecular complexity index is 924. The topological polar surface area (TPSA) is 90.4 Å². The molecule has 3 atom stereocenters. The molecule has 7 nitrogen and oxygen atoms in total. The number of rotatable bonds is 4. The van der Waals surface area contributed by atoms with Crippen LogP contribution in [0.3, 0.4) is 0 Å². The second-order valence-electron chi connectivity index (χ2n) is 5.99. The first-order valence-corrected chi connectivity index (χ1v) is 8.97. The van der Waals surface area contributed by atoms with Gasteiger partial charge >= 0.3 is 11.7 Å². The highest BCUT2D eigenvalue weighted by Crippen LogP contribution is 2.30. The largest absolute Gasteiger partial charge is 0.459 e. The highest BCUT2D eigenvalue weighted by Gasteiger charge is 2.38. The van der Waals surface area contributed by atoms with E-state index in [2.05, 4.69) is 4.98 Å². The first-order chi connectivity index (χ1) is 12.3. The molecule has 0 radical (unpaired) electrons. The van der Waals surface area contributed by atoms with Crippen molar-refractivity contribution in [3.05, 3.63) is 66.0 Å². The number of nitrogens with one attached hydrogen (secondary N) is 1. The minimum atomic E-state index is -1.40. The van der Waals surface area contributed by atoms with Gasteiger partial charge in [-0.15, -0.1) is 0 Å². The van der Waals surface area contributed by atoms with Crippen LogP contribution in [0.15, 0.2) is 40.1 Å². The number of halogens is 2. The number of aromatic amines is 1. The molecular weight excluding hydrogens is 458 g/mol. The standard InChI is InChI=1S/C17H16FIN2O5/c1-9-2-4-10(5-3-9)16(23)25-8-13-11(18)6-14(26-13)21-7-12(19)15(22)20-17(21)24/h2-5,7,11,13-14H,6,8H2,1H3,(H,20,22,24)/t11?,13-,14-/m0/s1. The molecule has 0 amide bonds. The van der Waals surface area contributed by atoms with Gasteiger partial charge in [0.15, 0.2) is 0 Å². The zero-order chi connectivity index (χ0) is 18.8. The van der Waals surface area contributed by atoms with Crippen molar-refractivity contribution in [2.45, 2.75) is 31.8 Å². The number of carbonyl (C=O) groups excluding carboxylic acids is 1. The van der Waals surface area contributed by atoms with E-state index >= 15 is 0 Å². The summed E-state index contributed by atoms with van der Waals surface area (Å²) in [5.41, 5.74) is 0.190. The van der Waals surface area contributed by atoms with Crippen LogP contribution in [0, 0.1) is 10.5 Å². The number of hydrogen-bond acceptors (Lipinski definition) is 5. The van der Waals surface area contributed by atoms with Crippen LogP contribution in [0.5, 0.6) is 0 Å². The second kappa shape index (κ2) is 7.70. The van der Waals surface area contributed by atoms with E-state index in [-0.39, 0.29) is 16.6 Å². The highest BCUT2D eigenvalue weighted by atomic mass is 127. The summed E-state index contributed by atoms with van der Waals surface area (Å²) in [6.07, 6.45) is -2.01. The number of benzene rings is 1. The van der Waals surface area contributed by atoms with Crippen molar-refractivity contribution in [3.8, 4) is 0 Å². The van der Waals surface area contributed by atoms with E-state index in [1.807, 2.05) is 6.92 Å². The number of esters is 1. The smallest absolute Gasteiger partial charge is 0.338 e. The van der Waals surface area contributed by atoms with Gasteiger partial charge in [-0.25, -0.2) is 14.0 Å². The SMILES string of the molecule is Cc1ccc(C(=O)OC[C@@H]2O[C@H](n3cc(I)c(=O)[nH]c3=O)CC2F)cc1. The highest BCUT2D eigenvalue weighted by molar-refractivity contribution is 14.1. The van der Waals surface area contributed by atoms with E-state index in [0.717, 1.165) is 10.1 Å². The van der Waals surface area contributed by atoms with Gasteiger partial charge in [0.25, 0.3) is 5.56 Å². The third-order valence-electron chi connectivity index (χ3n) is 4.06. The van der Waals surface area contributed by atoms with Crippen molar-refractivity contribution in [1.29, 1.82) is 0 Å². The monoisotopic (exact) mass is 474 g/mol. The van der Waals surface area contributed by atoms with Crippen LogP contribution < -0.4 is 11.2 Å². The minimum Gasteiger partial charge on any atom is -0.459 e. The Labute approximate surface area is 161 Å². The van der Waals surface area contributed by atoms with Gasteiger partial charge in [0.1, 0.15) is 25.1 Å². The molecule has 2 aromatic rings. The molecule has 1 N–H and O–H groups in total. The Hall–Kier alpha value is -2.01. The molecule has 1 aliphatic rings. The van der Waals surface area contributed by atoms with Gasteiger partial charge in [-0.3, -0.25) is 14.3 Å². The first-order valence-electron chi connectivity index (χ1n) is 7.89. The lowest BCUT2D eigenvalue weighted by molar-refractivity contribution is -0.0440. The fourth-order valence-corrected chi connectivity index (χ4v) is 3.05. The molecule has 0 bridgehead atoms. The van der Waals surface area contributed by atoms with Gasteiger partial charge in [0.2, 0.25) is 0 Å². The average molecular weight is 474 g/mol. The van der Waals surface area contributed by atoms with E-state index in [1.165, 1.54) is 6.20 Å². The molecule has 9 heteroatoms. The van der Waals surface area contributed by atoms with E-state index in [9.17, 15) is 18.8 Å². The van der Waals surface area contributed by atoms with E-state index < -0.39 is 35.7 Å². The maximum Gasteiger partial charge on any atom is 0.338 e. The number of carbonyl (C=O) groups is 1. The van der Waals surface area contributed by atoms with Crippen molar-refractivity contribution in [2.75, 3.05) is 6.61 Å². The number of ether oxygens (including phenoxy) is 2. The van der Waals surface area contributed by atoms with Crippen LogP contribution in [0.1, 0.15) is 28.6 Å². The quantitative estimate of drug-likeness (QED) is 0.541. The van der Waals surface area contributed by atoms with Gasteiger partial charge in [-0.05, 0) is 41.6 Å². The number of H-pyrrole nitrogens is 1. The van der Waals surface area contributed by atoms with Crippen LogP contribution in [0.4, 0.5) is 4.39 Å². The number of nitrogens with zero attached hydrogens (tertiary/aromatic N) is 1. The van der Waals surface area contributed by atoms with Gasteiger partial charge < -0.3 is 9.47 Å². The normalized spacial score (nSPS) is 22.3. The number of hydrogen-bond donors (Lipinski definition) is 1. The van der Waals surface area contributed by atoms with Gasteiger partial charge in [-0.2, -0.15) is 0 Å². The molecule has 1 saturated heterocycles. The molecule has 1 aliphatic heterocycles. The second-order valence-corrected chi connectivity index (χ2v) is 7.15. The Morgan fingerprint density at radius 1 is 1.38 bits per heavy atom. The summed E-state index contributed by atoms with van der Waals surface area (Å²) in [4.78, 5) is 37.5.